The molecule has 0 bridgehead atoms. The molecule has 2 rings (SSSR count). The lowest BCUT2D eigenvalue weighted by Gasteiger charge is -2.32. The molecule has 1 atom stereocenters. The number of likely N-dealkylation sites (tertiary alicyclic amines) is 1. The number of alkyl halides is 1. The molecule has 2 heterocycles. The van der Waals surface area contributed by atoms with Gasteiger partial charge < -0.3 is 4.90 Å². The maximum atomic E-state index is 12.4. The zero-order chi connectivity index (χ0) is 13.1. The maximum Gasteiger partial charge on any atom is 0.274 e. The SMILES string of the molecule is Cc1cc(C(=O)N2CCCC(CCBr)C2)nn1C. The van der Waals surface area contributed by atoms with Crippen LogP contribution in [0.3, 0.4) is 0 Å². The standard InChI is InChI=1S/C13H20BrN3O/c1-10-8-12(15-16(10)2)13(18)17-7-3-4-11(9-17)5-6-14/h8,11H,3-7,9H2,1-2H3. The van der Waals surface area contributed by atoms with Crippen LogP contribution in [0.1, 0.15) is 35.4 Å². The predicted molar refractivity (Wildman–Crippen MR) is 75.0 cm³/mol. The van der Waals surface area contributed by atoms with E-state index in [-0.39, 0.29) is 5.91 Å². The second-order valence-corrected chi connectivity index (χ2v) is 5.82. The predicted octanol–water partition coefficient (Wildman–Crippen LogP) is 2.37. The molecule has 100 valence electrons. The van der Waals surface area contributed by atoms with E-state index in [1.807, 2.05) is 24.9 Å². The molecule has 18 heavy (non-hydrogen) atoms. The van der Waals surface area contributed by atoms with Crippen LogP contribution < -0.4 is 0 Å². The molecule has 0 N–H and O–H groups in total. The molecule has 1 aliphatic rings. The van der Waals surface area contributed by atoms with E-state index in [4.69, 9.17) is 0 Å². The lowest BCUT2D eigenvalue weighted by Crippen LogP contribution is -2.40. The van der Waals surface area contributed by atoms with Gasteiger partial charge in [-0.15, -0.1) is 0 Å². The molecular weight excluding hydrogens is 294 g/mol. The quantitative estimate of drug-likeness (QED) is 0.803. The minimum Gasteiger partial charge on any atom is -0.337 e. The van der Waals surface area contributed by atoms with Gasteiger partial charge in [0.1, 0.15) is 0 Å². The van der Waals surface area contributed by atoms with E-state index in [2.05, 4.69) is 21.0 Å². The van der Waals surface area contributed by atoms with E-state index in [1.54, 1.807) is 4.68 Å². The molecule has 4 nitrogen and oxygen atoms in total. The lowest BCUT2D eigenvalue weighted by molar-refractivity contribution is 0.0665. The molecule has 0 aromatic carbocycles. The number of carbonyl (C=O) groups excluding carboxylic acids is 1. The molecule has 1 unspecified atom stereocenters. The zero-order valence-electron chi connectivity index (χ0n) is 11.0. The van der Waals surface area contributed by atoms with E-state index in [0.717, 1.165) is 37.0 Å². The molecule has 1 aliphatic heterocycles. The Morgan fingerprint density at radius 3 is 3.00 bits per heavy atom. The number of rotatable bonds is 3. The normalized spacial score (nSPS) is 20.2. The number of piperidine rings is 1. The maximum absolute atomic E-state index is 12.4. The van der Waals surface area contributed by atoms with Gasteiger partial charge in [-0.2, -0.15) is 5.10 Å². The fraction of sp³-hybridized carbons (Fsp3) is 0.692. The molecular formula is C13H20BrN3O. The van der Waals surface area contributed by atoms with Crippen LogP contribution in [0.4, 0.5) is 0 Å². The van der Waals surface area contributed by atoms with Crippen molar-refractivity contribution in [1.29, 1.82) is 0 Å². The van der Waals surface area contributed by atoms with E-state index in [1.165, 1.54) is 6.42 Å². The summed E-state index contributed by atoms with van der Waals surface area (Å²) in [4.78, 5) is 14.3. The molecule has 1 aromatic heterocycles. The minimum absolute atomic E-state index is 0.0815. The summed E-state index contributed by atoms with van der Waals surface area (Å²) in [5.41, 5.74) is 1.60. The number of carbonyl (C=O) groups is 1. The highest BCUT2D eigenvalue weighted by Crippen LogP contribution is 2.21. The lowest BCUT2D eigenvalue weighted by atomic mass is 9.95. The Morgan fingerprint density at radius 1 is 1.61 bits per heavy atom. The summed E-state index contributed by atoms with van der Waals surface area (Å²) in [7, 11) is 1.87. The van der Waals surface area contributed by atoms with Crippen LogP contribution in [0, 0.1) is 12.8 Å². The Balaban J connectivity index is 2.04. The third kappa shape index (κ3) is 2.94. The Kier molecular flexibility index (Phi) is 4.43. The van der Waals surface area contributed by atoms with Crippen LogP contribution in [0.5, 0.6) is 0 Å². The van der Waals surface area contributed by atoms with Crippen molar-refractivity contribution in [3.05, 3.63) is 17.5 Å². The van der Waals surface area contributed by atoms with Crippen molar-refractivity contribution in [2.75, 3.05) is 18.4 Å². The fourth-order valence-electron chi connectivity index (χ4n) is 2.47. The van der Waals surface area contributed by atoms with Gasteiger partial charge >= 0.3 is 0 Å². The summed E-state index contributed by atoms with van der Waals surface area (Å²) >= 11 is 3.48. The van der Waals surface area contributed by atoms with Gasteiger partial charge in [-0.1, -0.05) is 15.9 Å². The highest BCUT2D eigenvalue weighted by atomic mass is 79.9. The largest absolute Gasteiger partial charge is 0.337 e. The highest BCUT2D eigenvalue weighted by Gasteiger charge is 2.25. The minimum atomic E-state index is 0.0815. The van der Waals surface area contributed by atoms with Crippen molar-refractivity contribution in [3.8, 4) is 0 Å². The smallest absolute Gasteiger partial charge is 0.274 e. The van der Waals surface area contributed by atoms with Crippen molar-refractivity contribution >= 4 is 21.8 Å². The summed E-state index contributed by atoms with van der Waals surface area (Å²) in [6, 6.07) is 1.87. The Labute approximate surface area is 116 Å². The van der Waals surface area contributed by atoms with Gasteiger partial charge in [-0.25, -0.2) is 0 Å². The second kappa shape index (κ2) is 5.87. The summed E-state index contributed by atoms with van der Waals surface area (Å²) in [5.74, 6) is 0.713. The van der Waals surface area contributed by atoms with Crippen LogP contribution in [-0.4, -0.2) is 39.0 Å². The monoisotopic (exact) mass is 313 g/mol. The van der Waals surface area contributed by atoms with Crippen LogP contribution in [0.2, 0.25) is 0 Å². The third-order valence-corrected chi connectivity index (χ3v) is 4.11. The van der Waals surface area contributed by atoms with Gasteiger partial charge in [-0.05, 0) is 38.2 Å². The Hall–Kier alpha value is -0.840. The van der Waals surface area contributed by atoms with Crippen LogP contribution >= 0.6 is 15.9 Å². The van der Waals surface area contributed by atoms with Gasteiger partial charge in [0.15, 0.2) is 5.69 Å². The van der Waals surface area contributed by atoms with Crippen molar-refractivity contribution < 1.29 is 4.79 Å². The topological polar surface area (TPSA) is 38.1 Å². The first kappa shape index (κ1) is 13.6. The highest BCUT2D eigenvalue weighted by molar-refractivity contribution is 9.09. The van der Waals surface area contributed by atoms with Crippen LogP contribution in [0.15, 0.2) is 6.07 Å². The third-order valence-electron chi connectivity index (χ3n) is 3.66. The molecule has 5 heteroatoms. The average Bonchev–Trinajstić information content (AvgIpc) is 2.69. The number of aryl methyl sites for hydroxylation is 2. The van der Waals surface area contributed by atoms with E-state index < -0.39 is 0 Å². The first-order chi connectivity index (χ1) is 8.61. The number of nitrogens with zero attached hydrogens (tertiary/aromatic N) is 3. The Bertz CT molecular complexity index is 408. The van der Waals surface area contributed by atoms with Gasteiger partial charge in [0.2, 0.25) is 0 Å². The van der Waals surface area contributed by atoms with Crippen LogP contribution in [0.25, 0.3) is 0 Å². The summed E-state index contributed by atoms with van der Waals surface area (Å²) in [6.45, 7) is 3.71. The number of hydrogen-bond donors (Lipinski definition) is 0. The van der Waals surface area contributed by atoms with E-state index in [9.17, 15) is 4.79 Å². The van der Waals surface area contributed by atoms with Crippen LogP contribution in [-0.2, 0) is 7.05 Å². The zero-order valence-corrected chi connectivity index (χ0v) is 12.6. The molecule has 1 amide bonds. The first-order valence-corrected chi connectivity index (χ1v) is 7.60. The molecule has 0 radical (unpaired) electrons. The summed E-state index contributed by atoms with van der Waals surface area (Å²) in [6.07, 6.45) is 3.48. The van der Waals surface area contributed by atoms with E-state index >= 15 is 0 Å². The van der Waals surface area contributed by atoms with Crippen molar-refractivity contribution in [2.24, 2.45) is 13.0 Å². The van der Waals surface area contributed by atoms with Crippen molar-refractivity contribution in [1.82, 2.24) is 14.7 Å². The molecule has 0 aliphatic carbocycles. The number of halogens is 1. The molecule has 1 aromatic rings. The summed E-state index contributed by atoms with van der Waals surface area (Å²) in [5, 5.41) is 5.29. The number of amides is 1. The van der Waals surface area contributed by atoms with Crippen molar-refractivity contribution in [2.45, 2.75) is 26.2 Å². The van der Waals surface area contributed by atoms with Gasteiger partial charge in [0, 0.05) is 31.2 Å². The van der Waals surface area contributed by atoms with E-state index in [0.29, 0.717) is 11.6 Å². The van der Waals surface area contributed by atoms with Gasteiger partial charge in [0.25, 0.3) is 5.91 Å². The van der Waals surface area contributed by atoms with Gasteiger partial charge in [0.05, 0.1) is 0 Å². The van der Waals surface area contributed by atoms with Crippen molar-refractivity contribution in [3.63, 3.8) is 0 Å². The average molecular weight is 314 g/mol. The first-order valence-electron chi connectivity index (χ1n) is 6.47. The number of aromatic nitrogens is 2. The molecule has 0 saturated carbocycles. The van der Waals surface area contributed by atoms with Gasteiger partial charge in [-0.3, -0.25) is 9.48 Å². The summed E-state index contributed by atoms with van der Waals surface area (Å²) < 4.78 is 1.76. The Morgan fingerprint density at radius 2 is 2.39 bits per heavy atom. The fourth-order valence-corrected chi connectivity index (χ4v) is 3.11. The molecule has 0 spiro atoms. The number of hydrogen-bond acceptors (Lipinski definition) is 2. The molecule has 1 fully saturated rings. The second-order valence-electron chi connectivity index (χ2n) is 5.03. The molecule has 1 saturated heterocycles.